The van der Waals surface area contributed by atoms with E-state index in [-0.39, 0.29) is 34.1 Å². The summed E-state index contributed by atoms with van der Waals surface area (Å²) in [7, 11) is 1.66. The van der Waals surface area contributed by atoms with Crippen molar-refractivity contribution in [1.29, 1.82) is 0 Å². The van der Waals surface area contributed by atoms with E-state index in [0.717, 1.165) is 34.9 Å². The van der Waals surface area contributed by atoms with Gasteiger partial charge >= 0.3 is 0 Å². The van der Waals surface area contributed by atoms with Gasteiger partial charge in [0.2, 0.25) is 5.91 Å². The van der Waals surface area contributed by atoms with Crippen molar-refractivity contribution in [3.8, 4) is 5.75 Å². The topological polar surface area (TPSA) is 85.4 Å². The predicted molar refractivity (Wildman–Crippen MR) is 127 cm³/mol. The molecule has 8 heteroatoms. The average molecular weight is 454 g/mol. The number of methoxy groups -OCH3 is 1. The number of carbonyl (C=O) groups excluding carboxylic acids is 1. The number of ether oxygens (including phenoxy) is 2. The highest BCUT2D eigenvalue weighted by Crippen LogP contribution is 2.45. The Morgan fingerprint density at radius 1 is 1.16 bits per heavy atom. The first kappa shape index (κ1) is 21.2. The minimum atomic E-state index is -0.286. The normalized spacial score (nSPS) is 22.8. The lowest BCUT2D eigenvalue weighted by atomic mass is 9.94. The van der Waals surface area contributed by atoms with Gasteiger partial charge < -0.3 is 14.8 Å². The van der Waals surface area contributed by atoms with Crippen LogP contribution in [0.2, 0.25) is 0 Å². The molecule has 1 amide bonds. The lowest BCUT2D eigenvalue weighted by Gasteiger charge is -2.36. The fraction of sp³-hybridized carbons (Fsp3) is 0.417. The maximum Gasteiger partial charge on any atom is 0.270 e. The third kappa shape index (κ3) is 3.61. The van der Waals surface area contributed by atoms with Gasteiger partial charge in [-0.1, -0.05) is 30.3 Å². The van der Waals surface area contributed by atoms with E-state index >= 15 is 0 Å². The van der Waals surface area contributed by atoms with E-state index in [1.807, 2.05) is 41.1 Å². The number of nitrogens with one attached hydrogen (secondary N) is 2. The number of hydrogen-bond donors (Lipinski definition) is 2. The molecule has 3 aromatic rings. The molecule has 2 aromatic carbocycles. The van der Waals surface area contributed by atoms with Gasteiger partial charge in [-0.05, 0) is 43.7 Å². The number of anilines is 1. The van der Waals surface area contributed by atoms with Crippen LogP contribution in [0.15, 0.2) is 41.2 Å². The maximum absolute atomic E-state index is 13.3. The third-order valence-electron chi connectivity index (χ3n) is 6.32. The largest absolute Gasteiger partial charge is 0.496 e. The molecule has 0 aliphatic carbocycles. The Bertz CT molecular complexity index is 1250. The molecule has 1 fully saturated rings. The van der Waals surface area contributed by atoms with Crippen LogP contribution < -0.4 is 15.6 Å². The molecule has 0 unspecified atom stereocenters. The zero-order valence-corrected chi connectivity index (χ0v) is 19.3. The Balaban J connectivity index is 1.67. The Morgan fingerprint density at radius 2 is 1.94 bits per heavy atom. The highest BCUT2D eigenvalue weighted by Gasteiger charge is 2.36. The summed E-state index contributed by atoms with van der Waals surface area (Å²) in [6, 6.07) is 12.0. The number of rotatable bonds is 3. The van der Waals surface area contributed by atoms with Crippen LogP contribution in [0, 0.1) is 0 Å². The van der Waals surface area contributed by atoms with Gasteiger partial charge in [0.25, 0.3) is 5.56 Å². The average Bonchev–Trinajstić information content (AvgIpc) is 2.98. The second-order valence-electron chi connectivity index (χ2n) is 8.97. The van der Waals surface area contributed by atoms with E-state index in [0.29, 0.717) is 18.0 Å². The van der Waals surface area contributed by atoms with Crippen molar-refractivity contribution in [1.82, 2.24) is 9.78 Å². The number of benzene rings is 2. The lowest BCUT2D eigenvalue weighted by molar-refractivity contribution is -0.113. The molecule has 2 aliphatic heterocycles. The van der Waals surface area contributed by atoms with Crippen molar-refractivity contribution >= 4 is 34.3 Å². The zero-order valence-electron chi connectivity index (χ0n) is 18.4. The van der Waals surface area contributed by atoms with Gasteiger partial charge in [0.1, 0.15) is 11.6 Å². The molecule has 1 aromatic heterocycles. The van der Waals surface area contributed by atoms with Gasteiger partial charge in [-0.2, -0.15) is 0 Å². The Labute approximate surface area is 190 Å². The Hall–Kier alpha value is -2.71. The number of H-pyrrole nitrogens is 1. The van der Waals surface area contributed by atoms with E-state index in [2.05, 4.69) is 24.3 Å². The summed E-state index contributed by atoms with van der Waals surface area (Å²) in [4.78, 5) is 25.9. The number of carbonyl (C=O) groups is 1. The summed E-state index contributed by atoms with van der Waals surface area (Å²) in [5.74, 6) is 1.54. The Kier molecular flexibility index (Phi) is 5.29. The molecule has 1 saturated heterocycles. The van der Waals surface area contributed by atoms with E-state index in [1.54, 1.807) is 7.11 Å². The van der Waals surface area contributed by atoms with E-state index in [4.69, 9.17) is 9.47 Å². The van der Waals surface area contributed by atoms with E-state index < -0.39 is 0 Å². The number of aromatic amines is 1. The summed E-state index contributed by atoms with van der Waals surface area (Å²) >= 11 is 1.48. The lowest BCUT2D eigenvalue weighted by Crippen LogP contribution is -2.36. The molecule has 3 heterocycles. The summed E-state index contributed by atoms with van der Waals surface area (Å²) < 4.78 is 13.3. The molecule has 5 rings (SSSR count). The quantitative estimate of drug-likeness (QED) is 0.620. The molecule has 2 atom stereocenters. The van der Waals surface area contributed by atoms with E-state index in [1.165, 1.54) is 11.8 Å². The molecule has 0 radical (unpaired) electrons. The number of aromatic nitrogens is 2. The van der Waals surface area contributed by atoms with Gasteiger partial charge in [0, 0.05) is 12.0 Å². The van der Waals surface area contributed by atoms with Crippen molar-refractivity contribution in [2.45, 2.75) is 43.6 Å². The Morgan fingerprint density at radius 3 is 2.69 bits per heavy atom. The van der Waals surface area contributed by atoms with Crippen LogP contribution in [0.1, 0.15) is 49.1 Å². The molecule has 0 bridgehead atoms. The molecule has 7 nitrogen and oxygen atoms in total. The SMILES string of the molecule is COc1ccc([C@H]2SCC(=O)Nc3c2c(=O)[nH]n3[C@@H]2CCOC(C)(C)C2)c2ccccc12. The second-order valence-corrected chi connectivity index (χ2v) is 10.1. The highest BCUT2D eigenvalue weighted by molar-refractivity contribution is 8.00. The summed E-state index contributed by atoms with van der Waals surface area (Å²) in [6.45, 7) is 4.72. The number of nitrogens with zero attached hydrogens (tertiary/aromatic N) is 1. The molecule has 2 N–H and O–H groups in total. The number of hydrogen-bond acceptors (Lipinski definition) is 5. The smallest absolute Gasteiger partial charge is 0.270 e. The van der Waals surface area contributed by atoms with Gasteiger partial charge in [-0.3, -0.25) is 19.4 Å². The molecule has 168 valence electrons. The molecule has 2 aliphatic rings. The van der Waals surface area contributed by atoms with Crippen molar-refractivity contribution in [3.05, 3.63) is 57.9 Å². The van der Waals surface area contributed by atoms with Crippen molar-refractivity contribution in [2.75, 3.05) is 24.8 Å². The van der Waals surface area contributed by atoms with Crippen LogP contribution in [-0.2, 0) is 9.53 Å². The summed E-state index contributed by atoms with van der Waals surface area (Å²) in [5, 5.41) is 7.77. The fourth-order valence-electron chi connectivity index (χ4n) is 4.88. The molecule has 0 spiro atoms. The summed E-state index contributed by atoms with van der Waals surface area (Å²) in [5.41, 5.74) is 1.15. The maximum atomic E-state index is 13.3. The molecule has 0 saturated carbocycles. The van der Waals surface area contributed by atoms with Crippen molar-refractivity contribution in [3.63, 3.8) is 0 Å². The van der Waals surface area contributed by atoms with Gasteiger partial charge in [-0.15, -0.1) is 11.8 Å². The predicted octanol–water partition coefficient (Wildman–Crippen LogP) is 4.24. The first-order valence-corrected chi connectivity index (χ1v) is 11.9. The zero-order chi connectivity index (χ0) is 22.5. The minimum Gasteiger partial charge on any atom is -0.496 e. The number of fused-ring (bicyclic) bond motifs is 2. The van der Waals surface area contributed by atoms with Crippen LogP contribution >= 0.6 is 11.8 Å². The number of amides is 1. The van der Waals surface area contributed by atoms with Crippen LogP contribution in [0.4, 0.5) is 5.82 Å². The monoisotopic (exact) mass is 453 g/mol. The highest BCUT2D eigenvalue weighted by atomic mass is 32.2. The van der Waals surface area contributed by atoms with Crippen LogP contribution in [-0.4, -0.2) is 40.8 Å². The van der Waals surface area contributed by atoms with Crippen molar-refractivity contribution < 1.29 is 14.3 Å². The molecular formula is C24H27N3O4S. The third-order valence-corrected chi connectivity index (χ3v) is 7.57. The van der Waals surface area contributed by atoms with Gasteiger partial charge in [0.15, 0.2) is 0 Å². The molecule has 32 heavy (non-hydrogen) atoms. The first-order valence-electron chi connectivity index (χ1n) is 10.8. The summed E-state index contributed by atoms with van der Waals surface area (Å²) in [6.07, 6.45) is 1.53. The first-order chi connectivity index (χ1) is 15.4. The standard InChI is InChI=1S/C24H27N3O4S/c1-24(2)12-14(10-11-31-24)27-22-20(23(29)26-27)21(32-13-19(28)25-22)17-8-9-18(30-3)16-7-5-4-6-15(16)17/h4-9,14,21H,10-13H2,1-3H3,(H,25,28)(H,26,29)/t14-,21-/m1/s1. The van der Waals surface area contributed by atoms with Gasteiger partial charge in [0.05, 0.1) is 35.3 Å². The molecular weight excluding hydrogens is 426 g/mol. The van der Waals surface area contributed by atoms with Crippen molar-refractivity contribution in [2.24, 2.45) is 0 Å². The number of thioether (sulfide) groups is 1. The van der Waals surface area contributed by atoms with Gasteiger partial charge in [-0.25, -0.2) is 0 Å². The fourth-order valence-corrected chi connectivity index (χ4v) is 6.05. The van der Waals surface area contributed by atoms with Crippen LogP contribution in [0.25, 0.3) is 10.8 Å². The second kappa shape index (κ2) is 8.01. The van der Waals surface area contributed by atoms with E-state index in [9.17, 15) is 9.59 Å². The van der Waals surface area contributed by atoms with Crippen LogP contribution in [0.3, 0.4) is 0 Å². The van der Waals surface area contributed by atoms with Crippen LogP contribution in [0.5, 0.6) is 5.75 Å². The minimum absolute atomic E-state index is 0.0480.